The molecule has 2 aromatic carbocycles. The average Bonchev–Trinajstić information content (AvgIpc) is 2.64. The van der Waals surface area contributed by atoms with Gasteiger partial charge in [-0.2, -0.15) is 0 Å². The first-order valence-electron chi connectivity index (χ1n) is 9.16. The number of benzene rings is 2. The summed E-state index contributed by atoms with van der Waals surface area (Å²) in [5.74, 6) is 1.23. The highest BCUT2D eigenvalue weighted by molar-refractivity contribution is 7.33. The van der Waals surface area contributed by atoms with E-state index in [1.54, 1.807) is 0 Å². The second kappa shape index (κ2) is 11.8. The van der Waals surface area contributed by atoms with Crippen molar-refractivity contribution in [3.05, 3.63) is 59.7 Å². The Bertz CT molecular complexity index is 659. The molecule has 2 atom stereocenters. The van der Waals surface area contributed by atoms with Gasteiger partial charge in [-0.3, -0.25) is 13.6 Å². The molecule has 7 nitrogen and oxygen atoms in total. The minimum absolute atomic E-state index is 0.104. The fourth-order valence-electron chi connectivity index (χ4n) is 2.52. The molecule has 0 aliphatic heterocycles. The molecule has 0 saturated heterocycles. The molecule has 0 amide bonds. The van der Waals surface area contributed by atoms with Gasteiger partial charge in [0.2, 0.25) is 0 Å². The first kappa shape index (κ1) is 22.4. The maximum atomic E-state index is 11.7. The van der Waals surface area contributed by atoms with Gasteiger partial charge in [-0.25, -0.2) is 0 Å². The van der Waals surface area contributed by atoms with Crippen LogP contribution in [-0.2, 0) is 26.5 Å². The van der Waals surface area contributed by atoms with Crippen LogP contribution in [0.15, 0.2) is 48.5 Å². The molecule has 0 heterocycles. The lowest BCUT2D eigenvalue weighted by Gasteiger charge is -2.10. The van der Waals surface area contributed by atoms with E-state index < -0.39 is 8.25 Å². The first-order chi connectivity index (χ1) is 13.4. The smallest absolute Gasteiger partial charge is 0.324 e. The quantitative estimate of drug-likeness (QED) is 0.410. The van der Waals surface area contributed by atoms with Gasteiger partial charge in [0, 0.05) is 12.1 Å². The average molecular weight is 408 g/mol. The summed E-state index contributed by atoms with van der Waals surface area (Å²) in [6, 6.07) is 15.2. The summed E-state index contributed by atoms with van der Waals surface area (Å²) >= 11 is 0. The van der Waals surface area contributed by atoms with Crippen molar-refractivity contribution in [1.29, 1.82) is 0 Å². The molecule has 0 aromatic heterocycles. The van der Waals surface area contributed by atoms with E-state index >= 15 is 0 Å². The molecule has 4 N–H and O–H groups in total. The van der Waals surface area contributed by atoms with Gasteiger partial charge in [-0.05, 0) is 62.1 Å². The van der Waals surface area contributed by atoms with Gasteiger partial charge in [-0.15, -0.1) is 0 Å². The molecule has 154 valence electrons. The molecule has 0 bridgehead atoms. The molecular formula is C20H29N2O5P. The van der Waals surface area contributed by atoms with Gasteiger partial charge >= 0.3 is 8.25 Å². The Labute approximate surface area is 166 Å². The molecule has 0 fully saturated rings. The molecule has 2 aromatic rings. The Morgan fingerprint density at radius 1 is 0.750 bits per heavy atom. The van der Waals surface area contributed by atoms with Crippen LogP contribution in [0.1, 0.15) is 25.0 Å². The maximum Gasteiger partial charge on any atom is 0.324 e. The van der Waals surface area contributed by atoms with Crippen molar-refractivity contribution in [2.45, 2.75) is 38.8 Å². The highest BCUT2D eigenvalue weighted by atomic mass is 31.1. The summed E-state index contributed by atoms with van der Waals surface area (Å²) in [6.07, 6.45) is 1.60. The Morgan fingerprint density at radius 2 is 1.11 bits per heavy atom. The largest absolute Gasteiger partial charge is 0.467 e. The molecule has 0 aliphatic rings. The Kier molecular flexibility index (Phi) is 9.47. The van der Waals surface area contributed by atoms with Gasteiger partial charge in [0.25, 0.3) is 0 Å². The third kappa shape index (κ3) is 8.87. The van der Waals surface area contributed by atoms with E-state index in [1.807, 2.05) is 62.4 Å². The van der Waals surface area contributed by atoms with E-state index in [2.05, 4.69) is 0 Å². The molecular weight excluding hydrogens is 379 g/mol. The predicted molar refractivity (Wildman–Crippen MR) is 110 cm³/mol. The van der Waals surface area contributed by atoms with Gasteiger partial charge < -0.3 is 20.9 Å². The second-order valence-corrected chi connectivity index (χ2v) is 7.79. The SMILES string of the molecule is CC(N)Cc1ccc(OCO[PH](=O)OCOc2ccc(CC(C)N)cc2)cc1. The van der Waals surface area contributed by atoms with Crippen LogP contribution in [0.25, 0.3) is 0 Å². The van der Waals surface area contributed by atoms with Crippen molar-refractivity contribution in [2.75, 3.05) is 13.6 Å². The molecule has 0 radical (unpaired) electrons. The molecule has 2 unspecified atom stereocenters. The third-order valence-corrected chi connectivity index (χ3v) is 4.47. The summed E-state index contributed by atoms with van der Waals surface area (Å²) in [5.41, 5.74) is 13.8. The van der Waals surface area contributed by atoms with Crippen LogP contribution >= 0.6 is 8.25 Å². The van der Waals surface area contributed by atoms with Crippen molar-refractivity contribution in [2.24, 2.45) is 11.5 Å². The summed E-state index contributed by atoms with van der Waals surface area (Å²) in [7, 11) is -2.71. The number of hydrogen-bond acceptors (Lipinski definition) is 7. The lowest BCUT2D eigenvalue weighted by molar-refractivity contribution is 0.0696. The highest BCUT2D eigenvalue weighted by Crippen LogP contribution is 2.24. The van der Waals surface area contributed by atoms with Crippen molar-refractivity contribution in [3.8, 4) is 11.5 Å². The first-order valence-corrected chi connectivity index (χ1v) is 10.4. The van der Waals surface area contributed by atoms with Crippen LogP contribution < -0.4 is 20.9 Å². The van der Waals surface area contributed by atoms with E-state index in [0.29, 0.717) is 11.5 Å². The van der Waals surface area contributed by atoms with Gasteiger partial charge in [-0.1, -0.05) is 24.3 Å². The monoisotopic (exact) mass is 408 g/mol. The third-order valence-electron chi connectivity index (χ3n) is 3.77. The van der Waals surface area contributed by atoms with Gasteiger partial charge in [0.15, 0.2) is 13.6 Å². The fraction of sp³-hybridized carbons (Fsp3) is 0.400. The summed E-state index contributed by atoms with van der Waals surface area (Å²) in [4.78, 5) is 0. The predicted octanol–water partition coefficient (Wildman–Crippen LogP) is 3.26. The zero-order chi connectivity index (χ0) is 20.4. The van der Waals surface area contributed by atoms with E-state index in [4.69, 9.17) is 30.0 Å². The molecule has 28 heavy (non-hydrogen) atoms. The minimum Gasteiger partial charge on any atom is -0.467 e. The second-order valence-electron chi connectivity index (χ2n) is 6.71. The van der Waals surface area contributed by atoms with Crippen molar-refractivity contribution in [3.63, 3.8) is 0 Å². The maximum absolute atomic E-state index is 11.7. The molecule has 8 heteroatoms. The lowest BCUT2D eigenvalue weighted by atomic mass is 10.1. The molecule has 0 aliphatic carbocycles. The summed E-state index contributed by atoms with van der Waals surface area (Å²) in [5, 5.41) is 0. The lowest BCUT2D eigenvalue weighted by Crippen LogP contribution is -2.17. The fourth-order valence-corrected chi connectivity index (χ4v) is 2.91. The van der Waals surface area contributed by atoms with E-state index in [1.165, 1.54) is 0 Å². The van der Waals surface area contributed by atoms with Crippen molar-refractivity contribution in [1.82, 2.24) is 0 Å². The van der Waals surface area contributed by atoms with Crippen LogP contribution in [0.5, 0.6) is 11.5 Å². The van der Waals surface area contributed by atoms with E-state index in [0.717, 1.165) is 24.0 Å². The van der Waals surface area contributed by atoms with E-state index in [-0.39, 0.29) is 25.7 Å². The Balaban J connectivity index is 1.62. The van der Waals surface area contributed by atoms with Gasteiger partial charge in [0.05, 0.1) is 0 Å². The van der Waals surface area contributed by atoms with E-state index in [9.17, 15) is 4.57 Å². The standard InChI is InChI=1S/C20H29N2O5P/c1-15(21)11-17-3-7-19(8-4-17)24-13-26-28(23)27-14-25-20-9-5-18(6-10-20)12-16(2)22/h3-10,15-16,28H,11-14,21-22H2,1-2H3. The van der Waals surface area contributed by atoms with Crippen LogP contribution in [0.4, 0.5) is 0 Å². The molecule has 0 spiro atoms. The number of ether oxygens (including phenoxy) is 2. The van der Waals surface area contributed by atoms with Gasteiger partial charge in [0.1, 0.15) is 11.5 Å². The highest BCUT2D eigenvalue weighted by Gasteiger charge is 2.04. The van der Waals surface area contributed by atoms with Crippen LogP contribution in [0, 0.1) is 0 Å². The van der Waals surface area contributed by atoms with Crippen molar-refractivity contribution < 1.29 is 23.1 Å². The van der Waals surface area contributed by atoms with Crippen LogP contribution in [0.3, 0.4) is 0 Å². The zero-order valence-electron chi connectivity index (χ0n) is 16.3. The summed E-state index contributed by atoms with van der Waals surface area (Å²) in [6.45, 7) is 3.57. The summed E-state index contributed by atoms with van der Waals surface area (Å²) < 4.78 is 32.6. The number of nitrogens with two attached hydrogens (primary N) is 2. The normalized spacial score (nSPS) is 14.3. The van der Waals surface area contributed by atoms with Crippen molar-refractivity contribution >= 4 is 8.25 Å². The number of rotatable bonds is 12. The Morgan fingerprint density at radius 3 is 1.43 bits per heavy atom. The van der Waals surface area contributed by atoms with Crippen LogP contribution in [-0.4, -0.2) is 25.7 Å². The zero-order valence-corrected chi connectivity index (χ0v) is 17.3. The molecule has 0 saturated carbocycles. The molecule has 2 rings (SSSR count). The minimum atomic E-state index is -2.71. The topological polar surface area (TPSA) is 106 Å². The van der Waals surface area contributed by atoms with Crippen LogP contribution in [0.2, 0.25) is 0 Å². The number of hydrogen-bond donors (Lipinski definition) is 2. The Hall–Kier alpha value is -1.89.